The molecule has 132 valence electrons. The van der Waals surface area contributed by atoms with Gasteiger partial charge < -0.3 is 15.8 Å². The van der Waals surface area contributed by atoms with E-state index in [0.717, 1.165) is 41.7 Å². The second-order valence-corrected chi connectivity index (χ2v) is 7.45. The first-order chi connectivity index (χ1) is 12.0. The number of rotatable bonds is 5. The number of nitrogens with one attached hydrogen (secondary N) is 1. The lowest BCUT2D eigenvalue weighted by atomic mass is 9.95. The van der Waals surface area contributed by atoms with Gasteiger partial charge in [-0.2, -0.15) is 0 Å². The quantitative estimate of drug-likeness (QED) is 0.859. The SMILES string of the molecule is Cc1ccc(OC(C)C(=O)Nc2sc3c(c2C(N)=O)CCCC3)cc1. The maximum Gasteiger partial charge on any atom is 0.265 e. The number of fused-ring (bicyclic) bond motifs is 1. The van der Waals surface area contributed by atoms with E-state index in [9.17, 15) is 9.59 Å². The molecule has 2 amide bonds. The van der Waals surface area contributed by atoms with Crippen molar-refractivity contribution in [1.82, 2.24) is 0 Å². The third-order valence-electron chi connectivity index (χ3n) is 4.36. The van der Waals surface area contributed by atoms with Crippen molar-refractivity contribution in [3.05, 3.63) is 45.8 Å². The van der Waals surface area contributed by atoms with E-state index < -0.39 is 12.0 Å². The second-order valence-electron chi connectivity index (χ2n) is 6.34. The molecule has 3 N–H and O–H groups in total. The zero-order valence-corrected chi connectivity index (χ0v) is 15.2. The Kier molecular flexibility index (Phi) is 5.08. The summed E-state index contributed by atoms with van der Waals surface area (Å²) in [5, 5.41) is 3.38. The van der Waals surface area contributed by atoms with Gasteiger partial charge in [0, 0.05) is 4.88 Å². The molecule has 1 aromatic carbocycles. The van der Waals surface area contributed by atoms with Crippen LogP contribution in [0.4, 0.5) is 5.00 Å². The number of thiophene rings is 1. The van der Waals surface area contributed by atoms with E-state index >= 15 is 0 Å². The van der Waals surface area contributed by atoms with Gasteiger partial charge in [-0.15, -0.1) is 11.3 Å². The highest BCUT2D eigenvalue weighted by Crippen LogP contribution is 2.38. The number of benzene rings is 1. The molecule has 1 aromatic heterocycles. The maximum absolute atomic E-state index is 12.5. The van der Waals surface area contributed by atoms with Crippen LogP contribution in [0.1, 0.15) is 46.1 Å². The summed E-state index contributed by atoms with van der Waals surface area (Å²) in [6.07, 6.45) is 3.25. The molecule has 1 aliphatic rings. The van der Waals surface area contributed by atoms with Gasteiger partial charge in [-0.3, -0.25) is 9.59 Å². The lowest BCUT2D eigenvalue weighted by Crippen LogP contribution is -2.30. The van der Waals surface area contributed by atoms with Crippen molar-refractivity contribution in [2.45, 2.75) is 45.6 Å². The minimum Gasteiger partial charge on any atom is -0.481 e. The van der Waals surface area contributed by atoms with E-state index in [-0.39, 0.29) is 5.91 Å². The predicted octanol–water partition coefficient (Wildman–Crippen LogP) is 3.44. The van der Waals surface area contributed by atoms with Crippen LogP contribution in [0.3, 0.4) is 0 Å². The molecule has 0 spiro atoms. The molecule has 1 aliphatic carbocycles. The molecule has 3 rings (SSSR count). The van der Waals surface area contributed by atoms with E-state index in [1.807, 2.05) is 31.2 Å². The monoisotopic (exact) mass is 358 g/mol. The van der Waals surface area contributed by atoms with Gasteiger partial charge in [0.15, 0.2) is 6.10 Å². The number of nitrogens with two attached hydrogens (primary N) is 1. The second kappa shape index (κ2) is 7.27. The third kappa shape index (κ3) is 3.85. The summed E-state index contributed by atoms with van der Waals surface area (Å²) in [6, 6.07) is 7.52. The van der Waals surface area contributed by atoms with Crippen LogP contribution in [-0.4, -0.2) is 17.9 Å². The molecule has 0 bridgehead atoms. The van der Waals surface area contributed by atoms with Crippen molar-refractivity contribution in [3.63, 3.8) is 0 Å². The van der Waals surface area contributed by atoms with E-state index in [0.29, 0.717) is 16.3 Å². The van der Waals surface area contributed by atoms with E-state index in [1.54, 1.807) is 6.92 Å². The van der Waals surface area contributed by atoms with Crippen molar-refractivity contribution >= 4 is 28.2 Å². The van der Waals surface area contributed by atoms with E-state index in [2.05, 4.69) is 5.32 Å². The van der Waals surface area contributed by atoms with Gasteiger partial charge in [-0.05, 0) is 57.2 Å². The van der Waals surface area contributed by atoms with Crippen LogP contribution in [0.25, 0.3) is 0 Å². The Morgan fingerprint density at radius 3 is 2.56 bits per heavy atom. The van der Waals surface area contributed by atoms with Gasteiger partial charge in [0.1, 0.15) is 10.8 Å². The standard InChI is InChI=1S/C19H22N2O3S/c1-11-7-9-13(10-8-11)24-12(2)18(23)21-19-16(17(20)22)14-5-3-4-6-15(14)25-19/h7-10,12H,3-6H2,1-2H3,(H2,20,22)(H,21,23). The molecule has 0 aliphatic heterocycles. The van der Waals surface area contributed by atoms with Crippen LogP contribution in [0.2, 0.25) is 0 Å². The van der Waals surface area contributed by atoms with E-state index in [4.69, 9.17) is 10.5 Å². The lowest BCUT2D eigenvalue weighted by molar-refractivity contribution is -0.122. The zero-order valence-electron chi connectivity index (χ0n) is 14.4. The molecule has 0 saturated carbocycles. The third-order valence-corrected chi connectivity index (χ3v) is 5.56. The maximum atomic E-state index is 12.5. The van der Waals surface area contributed by atoms with Gasteiger partial charge in [-0.1, -0.05) is 17.7 Å². The molecule has 0 fully saturated rings. The lowest BCUT2D eigenvalue weighted by Gasteiger charge is -2.15. The van der Waals surface area contributed by atoms with Gasteiger partial charge in [0.05, 0.1) is 5.56 Å². The molecule has 1 unspecified atom stereocenters. The molecule has 1 heterocycles. The largest absolute Gasteiger partial charge is 0.481 e. The number of hydrogen-bond acceptors (Lipinski definition) is 4. The Morgan fingerprint density at radius 2 is 1.88 bits per heavy atom. The number of carbonyl (C=O) groups is 2. The fourth-order valence-corrected chi connectivity index (χ4v) is 4.30. The highest BCUT2D eigenvalue weighted by Gasteiger charge is 2.26. The number of primary amides is 1. The molecule has 25 heavy (non-hydrogen) atoms. The molecular weight excluding hydrogens is 336 g/mol. The number of anilines is 1. The molecule has 0 saturated heterocycles. The Labute approximate surface area is 151 Å². The van der Waals surface area contributed by atoms with Gasteiger partial charge in [0.2, 0.25) is 0 Å². The average molecular weight is 358 g/mol. The first-order valence-corrected chi connectivity index (χ1v) is 9.26. The summed E-state index contributed by atoms with van der Waals surface area (Å²) >= 11 is 1.46. The van der Waals surface area contributed by atoms with Crippen molar-refractivity contribution in [1.29, 1.82) is 0 Å². The Hall–Kier alpha value is -2.34. The summed E-state index contributed by atoms with van der Waals surface area (Å²) in [5.41, 5.74) is 8.16. The highest BCUT2D eigenvalue weighted by atomic mass is 32.1. The van der Waals surface area contributed by atoms with Crippen molar-refractivity contribution in [2.24, 2.45) is 5.73 Å². The number of hydrogen-bond donors (Lipinski definition) is 2. The normalized spacial score (nSPS) is 14.5. The average Bonchev–Trinajstić information content (AvgIpc) is 2.94. The summed E-state index contributed by atoms with van der Waals surface area (Å²) in [5.74, 6) is -0.141. The summed E-state index contributed by atoms with van der Waals surface area (Å²) < 4.78 is 5.68. The number of ether oxygens (including phenoxy) is 1. The number of amides is 2. The molecule has 0 radical (unpaired) electrons. The highest BCUT2D eigenvalue weighted by molar-refractivity contribution is 7.17. The minimum atomic E-state index is -0.678. The van der Waals surface area contributed by atoms with Gasteiger partial charge in [0.25, 0.3) is 11.8 Å². The zero-order chi connectivity index (χ0) is 18.0. The molecule has 1 atom stereocenters. The predicted molar refractivity (Wildman–Crippen MR) is 99.4 cm³/mol. The molecule has 5 nitrogen and oxygen atoms in total. The van der Waals surface area contributed by atoms with Crippen LogP contribution < -0.4 is 15.8 Å². The van der Waals surface area contributed by atoms with Crippen LogP contribution >= 0.6 is 11.3 Å². The van der Waals surface area contributed by atoms with E-state index in [1.165, 1.54) is 11.3 Å². The number of aryl methyl sites for hydroxylation is 2. The summed E-state index contributed by atoms with van der Waals surface area (Å²) in [6.45, 7) is 3.68. The first-order valence-electron chi connectivity index (χ1n) is 8.44. The smallest absolute Gasteiger partial charge is 0.265 e. The summed E-state index contributed by atoms with van der Waals surface area (Å²) in [4.78, 5) is 25.5. The molecule has 2 aromatic rings. The van der Waals surface area contributed by atoms with Crippen LogP contribution in [0.15, 0.2) is 24.3 Å². The van der Waals surface area contributed by atoms with Crippen molar-refractivity contribution < 1.29 is 14.3 Å². The van der Waals surface area contributed by atoms with Crippen molar-refractivity contribution in [3.8, 4) is 5.75 Å². The summed E-state index contributed by atoms with van der Waals surface area (Å²) in [7, 11) is 0. The fraction of sp³-hybridized carbons (Fsp3) is 0.368. The van der Waals surface area contributed by atoms with Gasteiger partial charge in [-0.25, -0.2) is 0 Å². The Balaban J connectivity index is 1.75. The van der Waals surface area contributed by atoms with Crippen LogP contribution in [0, 0.1) is 6.92 Å². The topological polar surface area (TPSA) is 81.4 Å². The van der Waals surface area contributed by atoms with Crippen molar-refractivity contribution in [2.75, 3.05) is 5.32 Å². The Morgan fingerprint density at radius 1 is 1.20 bits per heavy atom. The van der Waals surface area contributed by atoms with Crippen LogP contribution in [0.5, 0.6) is 5.75 Å². The fourth-order valence-electron chi connectivity index (χ4n) is 3.00. The molecule has 6 heteroatoms. The van der Waals surface area contributed by atoms with Crippen LogP contribution in [-0.2, 0) is 17.6 Å². The Bertz CT molecular complexity index is 796. The first kappa shape index (κ1) is 17.5. The number of carbonyl (C=O) groups excluding carboxylic acids is 2. The minimum absolute atomic E-state index is 0.290. The molecular formula is C19H22N2O3S. The van der Waals surface area contributed by atoms with Gasteiger partial charge >= 0.3 is 0 Å².